The van der Waals surface area contributed by atoms with Gasteiger partial charge in [-0.05, 0) is 20.8 Å². The molecule has 0 saturated heterocycles. The van der Waals surface area contributed by atoms with E-state index in [0.29, 0.717) is 6.42 Å². The van der Waals surface area contributed by atoms with Crippen LogP contribution in [0.2, 0.25) is 0 Å². The van der Waals surface area contributed by atoms with Crippen LogP contribution in [0.4, 0.5) is 0 Å². The molecule has 0 aromatic heterocycles. The second-order valence-electron chi connectivity index (χ2n) is 2.94. The number of carbonyl (C=O) groups is 1. The van der Waals surface area contributed by atoms with Gasteiger partial charge in [0.15, 0.2) is 0 Å². The van der Waals surface area contributed by atoms with Crippen LogP contribution >= 0.6 is 0 Å². The molecule has 2 heteroatoms. The van der Waals surface area contributed by atoms with Gasteiger partial charge in [0.05, 0.1) is 0 Å². The van der Waals surface area contributed by atoms with E-state index in [1.165, 1.54) is 0 Å². The molecule has 0 radical (unpaired) electrons. The third kappa shape index (κ3) is 7.47. The van der Waals surface area contributed by atoms with E-state index in [1.54, 1.807) is 6.92 Å². The van der Waals surface area contributed by atoms with Crippen molar-refractivity contribution < 1.29 is 9.53 Å². The topological polar surface area (TPSA) is 26.3 Å². The van der Waals surface area contributed by atoms with Crippen molar-refractivity contribution in [3.63, 3.8) is 0 Å². The molecule has 0 atom stereocenters. The lowest BCUT2D eigenvalue weighted by Gasteiger charge is -2.18. The van der Waals surface area contributed by atoms with E-state index >= 15 is 0 Å². The van der Waals surface area contributed by atoms with Crippen LogP contribution < -0.4 is 0 Å². The van der Waals surface area contributed by atoms with E-state index in [-0.39, 0.29) is 19.0 Å². The Morgan fingerprint density at radius 1 is 1.40 bits per heavy atom. The third-order valence-corrected chi connectivity index (χ3v) is 0.709. The maximum atomic E-state index is 10.6. The molecule has 10 heavy (non-hydrogen) atoms. The molecule has 0 unspecified atom stereocenters. The molecule has 2 nitrogen and oxygen atoms in total. The maximum Gasteiger partial charge on any atom is 0.306 e. The Bertz CT molecular complexity index is 100. The predicted molar refractivity (Wildman–Crippen MR) is 42.9 cm³/mol. The minimum Gasteiger partial charge on any atom is -0.460 e. The summed E-state index contributed by atoms with van der Waals surface area (Å²) in [5.41, 5.74) is -0.326. The van der Waals surface area contributed by atoms with E-state index in [0.717, 1.165) is 0 Å². The molecule has 0 aliphatic carbocycles. The van der Waals surface area contributed by atoms with Crippen molar-refractivity contribution in [3.05, 3.63) is 0 Å². The molecule has 0 aliphatic heterocycles. The van der Waals surface area contributed by atoms with Gasteiger partial charge in [-0.3, -0.25) is 4.79 Å². The average Bonchev–Trinajstić information content (AvgIpc) is 1.62. The van der Waals surface area contributed by atoms with Crippen molar-refractivity contribution >= 4 is 5.97 Å². The molecule has 0 spiro atoms. The first-order valence-corrected chi connectivity index (χ1v) is 3.17. The van der Waals surface area contributed by atoms with Gasteiger partial charge in [0.2, 0.25) is 0 Å². The van der Waals surface area contributed by atoms with E-state index in [9.17, 15) is 4.79 Å². The summed E-state index contributed by atoms with van der Waals surface area (Å²) in [6, 6.07) is 0. The molecular formula is C8H18O2. The van der Waals surface area contributed by atoms with Gasteiger partial charge in [-0.25, -0.2) is 0 Å². The number of hydrogen-bond acceptors (Lipinski definition) is 2. The number of hydrogen-bond donors (Lipinski definition) is 0. The summed E-state index contributed by atoms with van der Waals surface area (Å²) >= 11 is 0. The largest absolute Gasteiger partial charge is 0.460 e. The number of rotatable bonds is 1. The maximum absolute atomic E-state index is 10.6. The summed E-state index contributed by atoms with van der Waals surface area (Å²) in [7, 11) is 0. The summed E-state index contributed by atoms with van der Waals surface area (Å²) in [4.78, 5) is 10.6. The first-order valence-electron chi connectivity index (χ1n) is 3.17. The summed E-state index contributed by atoms with van der Waals surface area (Å²) < 4.78 is 4.95. The molecule has 0 saturated carbocycles. The van der Waals surface area contributed by atoms with Gasteiger partial charge in [0.25, 0.3) is 0 Å². The lowest BCUT2D eigenvalue weighted by atomic mass is 10.2. The molecule has 0 aromatic carbocycles. The van der Waals surface area contributed by atoms with Gasteiger partial charge in [-0.15, -0.1) is 0 Å². The van der Waals surface area contributed by atoms with Crippen LogP contribution in [0.1, 0.15) is 41.5 Å². The molecular weight excluding hydrogens is 128 g/mol. The van der Waals surface area contributed by atoms with Gasteiger partial charge in [-0.1, -0.05) is 14.4 Å². The van der Waals surface area contributed by atoms with Crippen molar-refractivity contribution in [2.24, 2.45) is 0 Å². The standard InChI is InChI=1S/C7H14O2.CH4/c1-5-6(8)9-7(2,3)4;/h5H2,1-4H3;1H4. The Kier molecular flexibility index (Phi) is 5.25. The Labute approximate surface area is 63.6 Å². The number of ether oxygens (including phenoxy) is 1. The molecule has 0 aromatic rings. The summed E-state index contributed by atoms with van der Waals surface area (Å²) in [6.45, 7) is 7.37. The Balaban J connectivity index is 0. The zero-order valence-corrected chi connectivity index (χ0v) is 6.52. The Morgan fingerprint density at radius 2 is 1.80 bits per heavy atom. The summed E-state index contributed by atoms with van der Waals surface area (Å²) in [6.07, 6.45) is 0.456. The molecule has 0 fully saturated rings. The van der Waals surface area contributed by atoms with Crippen molar-refractivity contribution in [2.75, 3.05) is 0 Å². The normalized spacial score (nSPS) is 10.0. The first-order chi connectivity index (χ1) is 3.95. The lowest BCUT2D eigenvalue weighted by molar-refractivity contribution is -0.154. The first kappa shape index (κ1) is 12.2. The average molecular weight is 146 g/mol. The highest BCUT2D eigenvalue weighted by atomic mass is 16.6. The molecule has 0 bridgehead atoms. The van der Waals surface area contributed by atoms with Crippen molar-refractivity contribution in [3.8, 4) is 0 Å². The fourth-order valence-corrected chi connectivity index (χ4v) is 0.414. The SMILES string of the molecule is C.CCC(=O)OC(C)(C)C. The van der Waals surface area contributed by atoms with Crippen LogP contribution in [-0.2, 0) is 9.53 Å². The van der Waals surface area contributed by atoms with Crippen LogP contribution in [0.25, 0.3) is 0 Å². The molecule has 0 amide bonds. The minimum absolute atomic E-state index is 0. The van der Waals surface area contributed by atoms with Crippen molar-refractivity contribution in [2.45, 2.75) is 47.1 Å². The smallest absolute Gasteiger partial charge is 0.306 e. The molecule has 0 aliphatic rings. The second-order valence-corrected chi connectivity index (χ2v) is 2.94. The highest BCUT2D eigenvalue weighted by Crippen LogP contribution is 2.07. The molecule has 0 N–H and O–H groups in total. The molecule has 62 valence electrons. The fourth-order valence-electron chi connectivity index (χ4n) is 0.414. The van der Waals surface area contributed by atoms with E-state index < -0.39 is 0 Å². The summed E-state index contributed by atoms with van der Waals surface area (Å²) in [5.74, 6) is -0.137. The minimum atomic E-state index is -0.326. The highest BCUT2D eigenvalue weighted by molar-refractivity contribution is 5.69. The van der Waals surface area contributed by atoms with Crippen LogP contribution in [0.3, 0.4) is 0 Å². The van der Waals surface area contributed by atoms with Crippen molar-refractivity contribution in [1.82, 2.24) is 0 Å². The van der Waals surface area contributed by atoms with E-state index in [4.69, 9.17) is 4.74 Å². The molecule has 0 heterocycles. The zero-order valence-electron chi connectivity index (χ0n) is 6.52. The Hall–Kier alpha value is -0.530. The van der Waals surface area contributed by atoms with Crippen LogP contribution in [0, 0.1) is 0 Å². The van der Waals surface area contributed by atoms with Gasteiger partial charge in [0.1, 0.15) is 5.60 Å². The third-order valence-electron chi connectivity index (χ3n) is 0.709. The highest BCUT2D eigenvalue weighted by Gasteiger charge is 2.13. The van der Waals surface area contributed by atoms with E-state index in [2.05, 4.69) is 0 Å². The second kappa shape index (κ2) is 4.31. The van der Waals surface area contributed by atoms with Gasteiger partial charge >= 0.3 is 5.97 Å². The molecule has 0 rings (SSSR count). The van der Waals surface area contributed by atoms with Crippen LogP contribution in [0.15, 0.2) is 0 Å². The van der Waals surface area contributed by atoms with Gasteiger partial charge in [0, 0.05) is 6.42 Å². The van der Waals surface area contributed by atoms with E-state index in [1.807, 2.05) is 20.8 Å². The number of carbonyl (C=O) groups excluding carboxylic acids is 1. The monoisotopic (exact) mass is 146 g/mol. The fraction of sp³-hybridized carbons (Fsp3) is 0.875. The van der Waals surface area contributed by atoms with Gasteiger partial charge in [-0.2, -0.15) is 0 Å². The number of esters is 1. The Morgan fingerprint density at radius 3 is 1.90 bits per heavy atom. The quantitative estimate of drug-likeness (QED) is 0.531. The van der Waals surface area contributed by atoms with Crippen LogP contribution in [-0.4, -0.2) is 11.6 Å². The summed E-state index contributed by atoms with van der Waals surface area (Å²) in [5, 5.41) is 0. The zero-order chi connectivity index (χ0) is 7.49. The lowest BCUT2D eigenvalue weighted by Crippen LogP contribution is -2.23. The van der Waals surface area contributed by atoms with Gasteiger partial charge < -0.3 is 4.74 Å². The van der Waals surface area contributed by atoms with Crippen molar-refractivity contribution in [1.29, 1.82) is 0 Å². The van der Waals surface area contributed by atoms with Crippen LogP contribution in [0.5, 0.6) is 0 Å². The predicted octanol–water partition coefficient (Wildman–Crippen LogP) is 2.37.